The molecule has 2 aromatic heterocycles. The molecule has 2 N–H and O–H groups in total. The molecule has 0 saturated heterocycles. The maximum absolute atomic E-state index is 15.4. The number of alkyl carbamates (subject to hydrolysis) is 2. The van der Waals surface area contributed by atoms with E-state index in [0.29, 0.717) is 62.0 Å². The van der Waals surface area contributed by atoms with Crippen LogP contribution in [0.2, 0.25) is 0 Å². The molecule has 4 amide bonds. The van der Waals surface area contributed by atoms with E-state index >= 15 is 9.59 Å². The van der Waals surface area contributed by atoms with E-state index in [-0.39, 0.29) is 11.8 Å². The van der Waals surface area contributed by atoms with Gasteiger partial charge in [0.2, 0.25) is 0 Å². The molecule has 10 nitrogen and oxygen atoms in total. The molecule has 2 aliphatic rings. The molecule has 2 unspecified atom stereocenters. The summed E-state index contributed by atoms with van der Waals surface area (Å²) in [6, 6.07) is 25.2. The van der Waals surface area contributed by atoms with E-state index in [1.807, 2.05) is 51.3 Å². The van der Waals surface area contributed by atoms with Gasteiger partial charge < -0.3 is 29.9 Å². The predicted octanol–water partition coefficient (Wildman–Crippen LogP) is 13.9. The second-order valence-corrected chi connectivity index (χ2v) is 22.7. The van der Waals surface area contributed by atoms with E-state index in [4.69, 9.17) is 9.47 Å². The summed E-state index contributed by atoms with van der Waals surface area (Å²) in [5, 5.41) is 5.70. The van der Waals surface area contributed by atoms with E-state index in [1.54, 1.807) is 22.7 Å². The zero-order chi connectivity index (χ0) is 49.9. The van der Waals surface area contributed by atoms with Crippen LogP contribution in [0.4, 0.5) is 9.59 Å². The van der Waals surface area contributed by atoms with Crippen LogP contribution in [0.1, 0.15) is 148 Å². The lowest BCUT2D eigenvalue weighted by molar-refractivity contribution is -0.124. The van der Waals surface area contributed by atoms with Gasteiger partial charge in [0, 0.05) is 35.9 Å². The first kappa shape index (κ1) is 53.2. The first-order valence-corrected chi connectivity index (χ1v) is 27.0. The van der Waals surface area contributed by atoms with Crippen LogP contribution in [0.3, 0.4) is 0 Å². The molecular weight excluding hydrogens is 901 g/mol. The van der Waals surface area contributed by atoms with Crippen molar-refractivity contribution in [1.82, 2.24) is 20.4 Å². The Balaban J connectivity index is 1.35. The van der Waals surface area contributed by atoms with Crippen molar-refractivity contribution in [3.8, 4) is 20.9 Å². The minimum Gasteiger partial charge on any atom is -0.444 e. The van der Waals surface area contributed by atoms with Crippen molar-refractivity contribution in [2.45, 2.75) is 151 Å². The maximum Gasteiger partial charge on any atom is 0.407 e. The molecule has 372 valence electrons. The molecule has 0 aliphatic carbocycles. The monoisotopic (exact) mass is 977 g/mol. The molecule has 2 aliphatic heterocycles. The molecule has 0 fully saturated rings. The SMILES string of the molecule is CCCCCC(CC)CN1C(=O)C2=C(c3ccc(-c4ccc(CCNC(=O)OC(C)(C)C)cc4)s3)N(CC(CC)CCCC)C(=O)C2=C1c1ccc(-c2ccc(CCNC(=O)OC(C)(C)C)cc2)s1. The number of unbranched alkanes of at least 4 members (excludes halogenated alkanes) is 3. The number of rotatable bonds is 23. The molecule has 4 aromatic rings. The fourth-order valence-electron chi connectivity index (χ4n) is 8.96. The van der Waals surface area contributed by atoms with Crippen molar-refractivity contribution in [3.05, 3.63) is 105 Å². The Morgan fingerprint density at radius 3 is 1.28 bits per heavy atom. The summed E-state index contributed by atoms with van der Waals surface area (Å²) in [5.41, 5.74) is 5.74. The molecule has 0 spiro atoms. The van der Waals surface area contributed by atoms with Crippen molar-refractivity contribution in [1.29, 1.82) is 0 Å². The van der Waals surface area contributed by atoms with E-state index in [9.17, 15) is 9.59 Å². The Labute approximate surface area is 419 Å². The number of benzene rings is 2. The highest BCUT2D eigenvalue weighted by molar-refractivity contribution is 7.17. The molecule has 2 atom stereocenters. The van der Waals surface area contributed by atoms with Gasteiger partial charge in [-0.2, -0.15) is 0 Å². The fourth-order valence-corrected chi connectivity index (χ4v) is 11.1. The van der Waals surface area contributed by atoms with Crippen molar-refractivity contribution < 1.29 is 28.7 Å². The van der Waals surface area contributed by atoms with Gasteiger partial charge in [0.05, 0.1) is 32.3 Å². The van der Waals surface area contributed by atoms with Crippen molar-refractivity contribution in [3.63, 3.8) is 0 Å². The van der Waals surface area contributed by atoms with Crippen LogP contribution in [-0.2, 0) is 31.9 Å². The highest BCUT2D eigenvalue weighted by Gasteiger charge is 2.50. The zero-order valence-corrected chi connectivity index (χ0v) is 44.5. The van der Waals surface area contributed by atoms with E-state index in [0.717, 1.165) is 111 Å². The zero-order valence-electron chi connectivity index (χ0n) is 42.8. The maximum atomic E-state index is 15.4. The summed E-state index contributed by atoms with van der Waals surface area (Å²) in [4.78, 5) is 63.0. The van der Waals surface area contributed by atoms with Crippen molar-refractivity contribution >= 4 is 58.1 Å². The third-order valence-corrected chi connectivity index (χ3v) is 15.0. The number of fused-ring (bicyclic) bond motifs is 1. The standard InChI is InChI=1S/C57H76N4O6S2/c1-11-15-17-19-39(14-4)37-61-51(47-31-29-45(69-47)43-26-22-41(23-27-43)33-35-59-55(65)67-57(8,9)10)49-48(53(61)63)50(60(52(49)62)36-38(13-3)18-16-12-2)46-30-28-44(68-46)42-24-20-40(21-25-42)32-34-58-54(64)66-56(5,6)7/h20-31,38-39H,11-19,32-37H2,1-10H3,(H,58,64)(H,59,65). The number of carbonyl (C=O) groups is 4. The Kier molecular flexibility index (Phi) is 18.6. The van der Waals surface area contributed by atoms with Gasteiger partial charge in [-0.1, -0.05) is 121 Å². The minimum absolute atomic E-state index is 0.0833. The lowest BCUT2D eigenvalue weighted by atomic mass is 9.97. The summed E-state index contributed by atoms with van der Waals surface area (Å²) >= 11 is 3.25. The molecule has 6 rings (SSSR count). The second-order valence-electron chi connectivity index (χ2n) is 20.5. The highest BCUT2D eigenvalue weighted by atomic mass is 32.1. The first-order valence-electron chi connectivity index (χ1n) is 25.4. The molecular formula is C57H76N4O6S2. The summed E-state index contributed by atoms with van der Waals surface area (Å²) < 4.78 is 10.8. The molecule has 0 saturated carbocycles. The number of carbonyl (C=O) groups excluding carboxylic acids is 4. The van der Waals surface area contributed by atoms with Gasteiger partial charge in [0.25, 0.3) is 11.8 Å². The lowest BCUT2D eigenvalue weighted by Crippen LogP contribution is -2.34. The number of ether oxygens (including phenoxy) is 2. The Morgan fingerprint density at radius 1 is 0.536 bits per heavy atom. The van der Waals surface area contributed by atoms with E-state index in [1.165, 1.54) is 0 Å². The highest BCUT2D eigenvalue weighted by Crippen LogP contribution is 2.50. The molecule has 12 heteroatoms. The summed E-state index contributed by atoms with van der Waals surface area (Å²) in [6.07, 6.45) is 9.99. The number of hydrogen-bond donors (Lipinski definition) is 2. The van der Waals surface area contributed by atoms with E-state index in [2.05, 4.69) is 111 Å². The van der Waals surface area contributed by atoms with Gasteiger partial charge in [-0.05, 0) is 126 Å². The topological polar surface area (TPSA) is 117 Å². The Morgan fingerprint density at radius 2 is 0.913 bits per heavy atom. The van der Waals surface area contributed by atoms with Gasteiger partial charge in [-0.25, -0.2) is 9.59 Å². The van der Waals surface area contributed by atoms with Crippen molar-refractivity contribution in [2.24, 2.45) is 11.8 Å². The first-order chi connectivity index (χ1) is 32.9. The Bertz CT molecular complexity index is 2450. The summed E-state index contributed by atoms with van der Waals surface area (Å²) in [7, 11) is 0. The molecule has 0 radical (unpaired) electrons. The Hall–Kier alpha value is -5.20. The van der Waals surface area contributed by atoms with Crippen molar-refractivity contribution in [2.75, 3.05) is 26.2 Å². The average molecular weight is 977 g/mol. The van der Waals surface area contributed by atoms with Gasteiger partial charge >= 0.3 is 12.2 Å². The van der Waals surface area contributed by atoms with Gasteiger partial charge in [-0.15, -0.1) is 22.7 Å². The number of nitrogens with one attached hydrogen (secondary N) is 2. The number of amides is 4. The molecule has 69 heavy (non-hydrogen) atoms. The second kappa shape index (κ2) is 24.1. The summed E-state index contributed by atoms with van der Waals surface area (Å²) in [6.45, 7) is 22.0. The van der Waals surface area contributed by atoms with E-state index < -0.39 is 23.4 Å². The van der Waals surface area contributed by atoms with Gasteiger partial charge in [0.15, 0.2) is 0 Å². The number of nitrogens with zero attached hydrogens (tertiary/aromatic N) is 2. The average Bonchev–Trinajstić information content (AvgIpc) is 4.09. The predicted molar refractivity (Wildman–Crippen MR) is 284 cm³/mol. The largest absolute Gasteiger partial charge is 0.444 e. The van der Waals surface area contributed by atoms with Crippen LogP contribution >= 0.6 is 22.7 Å². The van der Waals surface area contributed by atoms with Crippen LogP contribution in [0.15, 0.2) is 83.9 Å². The molecule has 4 heterocycles. The number of thiophene rings is 2. The lowest BCUT2D eigenvalue weighted by Gasteiger charge is -2.29. The van der Waals surface area contributed by atoms with Crippen LogP contribution in [0.5, 0.6) is 0 Å². The molecule has 0 bridgehead atoms. The summed E-state index contributed by atoms with van der Waals surface area (Å²) in [5.74, 6) is 0.422. The fraction of sp³-hybridized carbons (Fsp3) is 0.509. The van der Waals surface area contributed by atoms with Gasteiger partial charge in [-0.3, -0.25) is 9.59 Å². The third kappa shape index (κ3) is 14.2. The number of hydrogen-bond acceptors (Lipinski definition) is 8. The minimum atomic E-state index is -0.551. The van der Waals surface area contributed by atoms with Crippen LogP contribution in [0, 0.1) is 11.8 Å². The van der Waals surface area contributed by atoms with Crippen LogP contribution in [-0.4, -0.2) is 71.2 Å². The van der Waals surface area contributed by atoms with Crippen LogP contribution in [0.25, 0.3) is 32.3 Å². The quantitative estimate of drug-likeness (QED) is 0.0715. The van der Waals surface area contributed by atoms with Crippen LogP contribution < -0.4 is 10.6 Å². The normalized spacial score (nSPS) is 15.0. The van der Waals surface area contributed by atoms with Gasteiger partial charge in [0.1, 0.15) is 11.2 Å². The smallest absolute Gasteiger partial charge is 0.407 e. The molecule has 2 aromatic carbocycles. The third-order valence-electron chi connectivity index (χ3n) is 12.7.